The molecule has 3 nitrogen and oxygen atoms in total. The van der Waals surface area contributed by atoms with Crippen molar-refractivity contribution in [1.29, 1.82) is 0 Å². The molecule has 0 aliphatic carbocycles. The van der Waals surface area contributed by atoms with Gasteiger partial charge in [-0.15, -0.1) is 11.3 Å². The molecule has 4 heterocycles. The number of aryl methyl sites for hydroxylation is 1. The van der Waals surface area contributed by atoms with Crippen LogP contribution in [0.2, 0.25) is 0 Å². The van der Waals surface area contributed by atoms with Crippen molar-refractivity contribution < 1.29 is 4.74 Å². The Bertz CT molecular complexity index is 2120. The molecule has 0 amide bonds. The summed E-state index contributed by atoms with van der Waals surface area (Å²) in [6, 6.07) is 34.9. The normalized spacial score (nSPS) is 13.2. The second-order valence-corrected chi connectivity index (χ2v) is 11.4. The van der Waals surface area contributed by atoms with Crippen LogP contribution >= 0.6 is 11.3 Å². The minimum atomic E-state index is 0.866. The van der Waals surface area contributed by atoms with Crippen LogP contribution in [0.5, 0.6) is 11.5 Å². The molecule has 2 aromatic heterocycles. The highest BCUT2D eigenvalue weighted by molar-refractivity contribution is 7.26. The molecule has 0 atom stereocenters. The lowest BCUT2D eigenvalue weighted by atomic mass is 9.58. The Hall–Kier alpha value is -4.48. The van der Waals surface area contributed by atoms with Crippen LogP contribution in [0.25, 0.3) is 42.3 Å². The van der Waals surface area contributed by atoms with E-state index in [0.29, 0.717) is 0 Å². The summed E-state index contributed by atoms with van der Waals surface area (Å²) in [4.78, 5) is 6.27. The van der Waals surface area contributed by atoms with Crippen LogP contribution < -0.4 is 20.6 Å². The van der Waals surface area contributed by atoms with E-state index in [9.17, 15) is 0 Å². The third-order valence-corrected chi connectivity index (χ3v) is 9.26. The average molecular weight is 504 g/mol. The first-order chi connectivity index (χ1) is 18.7. The minimum Gasteiger partial charge on any atom is -0.453 e. The molecule has 7 aromatic rings. The van der Waals surface area contributed by atoms with Gasteiger partial charge < -0.3 is 14.6 Å². The molecule has 0 spiro atoms. The lowest BCUT2D eigenvalue weighted by molar-refractivity contribution is 0.477. The van der Waals surface area contributed by atoms with Crippen LogP contribution in [0.3, 0.4) is 0 Å². The number of benzene rings is 5. The monoisotopic (exact) mass is 504 g/mol. The number of nitrogens with one attached hydrogen (secondary N) is 1. The number of hydrogen-bond acceptors (Lipinski definition) is 3. The largest absolute Gasteiger partial charge is 0.453 e. The van der Waals surface area contributed by atoms with Gasteiger partial charge in [-0.05, 0) is 53.8 Å². The maximum atomic E-state index is 6.36. The lowest BCUT2D eigenvalue weighted by Crippen LogP contribution is -2.42. The molecule has 2 aliphatic heterocycles. The van der Waals surface area contributed by atoms with Crippen molar-refractivity contribution in [3.05, 3.63) is 103 Å². The number of para-hydroxylation sites is 4. The molecular formula is C33H21BN2OS. The molecule has 2 aliphatic rings. The minimum absolute atomic E-state index is 0.866. The van der Waals surface area contributed by atoms with Gasteiger partial charge in [-0.25, -0.2) is 0 Å². The summed E-state index contributed by atoms with van der Waals surface area (Å²) in [6.45, 7) is 2.21. The Morgan fingerprint density at radius 2 is 1.55 bits per heavy atom. The van der Waals surface area contributed by atoms with Gasteiger partial charge in [0, 0.05) is 26.7 Å². The number of nitrogens with zero attached hydrogens (tertiary/aromatic N) is 1. The van der Waals surface area contributed by atoms with E-state index in [1.807, 2.05) is 17.4 Å². The van der Waals surface area contributed by atoms with Gasteiger partial charge in [-0.3, -0.25) is 0 Å². The summed E-state index contributed by atoms with van der Waals surface area (Å²) in [5.41, 5.74) is 12.4. The third kappa shape index (κ3) is 2.64. The second-order valence-electron chi connectivity index (χ2n) is 10.3. The smallest absolute Gasteiger partial charge is 0.198 e. The summed E-state index contributed by atoms with van der Waals surface area (Å²) in [6.07, 6.45) is 0. The summed E-state index contributed by atoms with van der Waals surface area (Å²) >= 11 is 1.88. The first-order valence-electron chi connectivity index (χ1n) is 13.0. The van der Waals surface area contributed by atoms with Crippen LogP contribution in [0, 0.1) is 6.92 Å². The van der Waals surface area contributed by atoms with Crippen molar-refractivity contribution in [2.45, 2.75) is 6.92 Å². The average Bonchev–Trinajstić information content (AvgIpc) is 3.49. The number of aromatic amines is 1. The zero-order chi connectivity index (χ0) is 25.0. The summed E-state index contributed by atoms with van der Waals surface area (Å²) < 4.78 is 9.02. The van der Waals surface area contributed by atoms with Crippen LogP contribution in [-0.2, 0) is 0 Å². The van der Waals surface area contributed by atoms with E-state index >= 15 is 0 Å². The highest BCUT2D eigenvalue weighted by Gasteiger charge is 2.34. The number of anilines is 3. The fraction of sp³-hybridized carbons (Fsp3) is 0.0303. The van der Waals surface area contributed by atoms with Gasteiger partial charge >= 0.3 is 0 Å². The maximum Gasteiger partial charge on any atom is 0.198 e. The van der Waals surface area contributed by atoms with Crippen molar-refractivity contribution in [2.24, 2.45) is 0 Å². The van der Waals surface area contributed by atoms with E-state index in [4.69, 9.17) is 4.74 Å². The number of rotatable bonds is 1. The highest BCUT2D eigenvalue weighted by atomic mass is 32.1. The van der Waals surface area contributed by atoms with Crippen molar-refractivity contribution in [1.82, 2.24) is 4.98 Å². The molecule has 0 unspecified atom stereocenters. The van der Waals surface area contributed by atoms with Crippen molar-refractivity contribution in [3.63, 3.8) is 0 Å². The summed E-state index contributed by atoms with van der Waals surface area (Å²) in [7, 11) is 0.866. The Morgan fingerprint density at radius 1 is 0.737 bits per heavy atom. The number of fused-ring (bicyclic) bond motifs is 9. The predicted octanol–water partition coefficient (Wildman–Crippen LogP) is 7.79. The van der Waals surface area contributed by atoms with Crippen LogP contribution in [0.1, 0.15) is 5.56 Å². The zero-order valence-corrected chi connectivity index (χ0v) is 21.5. The first kappa shape index (κ1) is 20.6. The number of H-pyrrole nitrogens is 1. The predicted molar refractivity (Wildman–Crippen MR) is 163 cm³/mol. The van der Waals surface area contributed by atoms with E-state index in [0.717, 1.165) is 24.5 Å². The fourth-order valence-corrected chi connectivity index (χ4v) is 7.65. The quantitative estimate of drug-likeness (QED) is 0.231. The van der Waals surface area contributed by atoms with E-state index in [-0.39, 0.29) is 0 Å². The summed E-state index contributed by atoms with van der Waals surface area (Å²) in [5.74, 6) is 1.82. The Kier molecular flexibility index (Phi) is 3.95. The van der Waals surface area contributed by atoms with Gasteiger partial charge in [0.2, 0.25) is 0 Å². The highest BCUT2D eigenvalue weighted by Crippen LogP contribution is 2.51. The van der Waals surface area contributed by atoms with Gasteiger partial charge in [0.15, 0.2) is 18.8 Å². The molecule has 38 heavy (non-hydrogen) atoms. The number of aromatic nitrogens is 1. The van der Waals surface area contributed by atoms with E-state index in [2.05, 4.69) is 108 Å². The second kappa shape index (κ2) is 7.30. The maximum absolute atomic E-state index is 6.36. The van der Waals surface area contributed by atoms with Gasteiger partial charge in [0.25, 0.3) is 0 Å². The SMILES string of the molecule is Cc1cc(-c2cccc3c2[nH]c2c4ccccc4sc32)c2c(c1)N1c3ccccc3Oc3cccc(c31)B2. The topological polar surface area (TPSA) is 28.3 Å². The molecule has 0 saturated carbocycles. The van der Waals surface area contributed by atoms with Gasteiger partial charge in [-0.2, -0.15) is 0 Å². The molecule has 0 fully saturated rings. The molecule has 0 saturated heterocycles. The Morgan fingerprint density at radius 3 is 2.53 bits per heavy atom. The third-order valence-electron chi connectivity index (χ3n) is 8.06. The number of hydrogen-bond donors (Lipinski definition) is 1. The lowest BCUT2D eigenvalue weighted by Gasteiger charge is -2.39. The molecule has 5 heteroatoms. The first-order valence-corrected chi connectivity index (χ1v) is 13.8. The Labute approximate surface area is 224 Å². The number of ether oxygens (including phenoxy) is 1. The number of thiophene rings is 1. The molecule has 0 radical (unpaired) electrons. The molecule has 9 rings (SSSR count). The van der Waals surface area contributed by atoms with E-state index in [1.165, 1.54) is 70.2 Å². The van der Waals surface area contributed by atoms with Crippen molar-refractivity contribution in [2.75, 3.05) is 4.90 Å². The van der Waals surface area contributed by atoms with Crippen LogP contribution in [0.15, 0.2) is 97.1 Å². The van der Waals surface area contributed by atoms with Crippen molar-refractivity contribution in [3.8, 4) is 22.6 Å². The zero-order valence-electron chi connectivity index (χ0n) is 20.7. The summed E-state index contributed by atoms with van der Waals surface area (Å²) in [5, 5.41) is 2.59. The van der Waals surface area contributed by atoms with Crippen molar-refractivity contribution >= 4 is 77.8 Å². The molecule has 1 N–H and O–H groups in total. The molecule has 5 aromatic carbocycles. The fourth-order valence-electron chi connectivity index (χ4n) is 6.46. The molecular weight excluding hydrogens is 483 g/mol. The molecule has 178 valence electrons. The van der Waals surface area contributed by atoms with E-state index in [1.54, 1.807) is 0 Å². The van der Waals surface area contributed by atoms with Crippen LogP contribution in [-0.4, -0.2) is 12.3 Å². The van der Waals surface area contributed by atoms with E-state index < -0.39 is 0 Å². The standard InChI is InChI=1S/C33H21BN2OS/c1-18-16-22(19-9-6-10-21-30(19)35-31-20-8-2-5-15-28(20)38-33(21)31)29-25(17-18)36-24-12-3-4-13-26(24)37-27-14-7-11-23(34-29)32(27)36/h2-17,34-35H,1H3. The van der Waals surface area contributed by atoms with Gasteiger partial charge in [0.1, 0.15) is 0 Å². The van der Waals surface area contributed by atoms with Gasteiger partial charge in [0.05, 0.1) is 27.1 Å². The van der Waals surface area contributed by atoms with Crippen LogP contribution in [0.4, 0.5) is 17.1 Å². The van der Waals surface area contributed by atoms with Gasteiger partial charge in [-0.1, -0.05) is 72.2 Å². The molecule has 0 bridgehead atoms. The Balaban J connectivity index is 1.34.